The molecular weight excluding hydrogens is 498 g/mol. The van der Waals surface area contributed by atoms with E-state index in [0.29, 0.717) is 16.7 Å². The van der Waals surface area contributed by atoms with Crippen LogP contribution in [0, 0.1) is 11.1 Å². The largest absolute Gasteiger partial charge is 0.619 e. The summed E-state index contributed by atoms with van der Waals surface area (Å²) in [4.78, 5) is 58.0. The number of anilines is 1. The number of amides is 3. The van der Waals surface area contributed by atoms with E-state index in [9.17, 15) is 24.4 Å². The van der Waals surface area contributed by atoms with Crippen molar-refractivity contribution >= 4 is 29.2 Å². The molecular formula is C29H33N5O5. The fourth-order valence-electron chi connectivity index (χ4n) is 5.61. The highest BCUT2D eigenvalue weighted by Gasteiger charge is 2.50. The molecule has 2 saturated heterocycles. The zero-order valence-electron chi connectivity index (χ0n) is 22.2. The molecule has 39 heavy (non-hydrogen) atoms. The van der Waals surface area contributed by atoms with Crippen molar-refractivity contribution in [2.75, 3.05) is 24.5 Å². The number of rotatable bonds is 7. The number of aromatic nitrogens is 1. The molecule has 204 valence electrons. The van der Waals surface area contributed by atoms with E-state index in [1.165, 1.54) is 34.3 Å². The monoisotopic (exact) mass is 531 g/mol. The normalized spacial score (nSPS) is 21.0. The van der Waals surface area contributed by atoms with Crippen LogP contribution in [0.1, 0.15) is 53.8 Å². The van der Waals surface area contributed by atoms with Crippen LogP contribution in [0.2, 0.25) is 0 Å². The fourth-order valence-corrected chi connectivity index (χ4v) is 5.61. The van der Waals surface area contributed by atoms with Crippen LogP contribution in [0.15, 0.2) is 61.1 Å². The molecule has 4 heterocycles. The van der Waals surface area contributed by atoms with Crippen molar-refractivity contribution in [2.24, 2.45) is 5.92 Å². The van der Waals surface area contributed by atoms with E-state index in [2.05, 4.69) is 10.2 Å². The molecule has 1 aromatic heterocycles. The number of nitrogens with zero attached hydrogens (tertiary/aromatic N) is 4. The quantitative estimate of drug-likeness (QED) is 0.431. The maximum atomic E-state index is 13.7. The lowest BCUT2D eigenvalue weighted by Crippen LogP contribution is -2.51. The number of ketones is 1. The number of fused-ring (bicyclic) bond motifs is 1. The molecule has 3 unspecified atom stereocenters. The van der Waals surface area contributed by atoms with Gasteiger partial charge in [-0.3, -0.25) is 19.2 Å². The van der Waals surface area contributed by atoms with Gasteiger partial charge in [-0.2, -0.15) is 4.73 Å². The first kappa shape index (κ1) is 26.4. The Bertz CT molecular complexity index is 1300. The van der Waals surface area contributed by atoms with Crippen LogP contribution in [0.5, 0.6) is 0 Å². The van der Waals surface area contributed by atoms with Gasteiger partial charge in [-0.15, -0.1) is 0 Å². The van der Waals surface area contributed by atoms with Crippen LogP contribution in [0.3, 0.4) is 0 Å². The van der Waals surface area contributed by atoms with Gasteiger partial charge in [-0.25, -0.2) is 0 Å². The van der Waals surface area contributed by atoms with Crippen LogP contribution in [0.25, 0.3) is 0 Å². The van der Waals surface area contributed by atoms with E-state index < -0.39 is 24.0 Å². The first-order valence-corrected chi connectivity index (χ1v) is 13.4. The Kier molecular flexibility index (Phi) is 7.36. The molecule has 10 heteroatoms. The van der Waals surface area contributed by atoms with Crippen molar-refractivity contribution in [1.82, 2.24) is 15.1 Å². The summed E-state index contributed by atoms with van der Waals surface area (Å²) in [6.45, 7) is 5.79. The molecule has 1 aromatic carbocycles. The predicted molar refractivity (Wildman–Crippen MR) is 144 cm³/mol. The Morgan fingerprint density at radius 1 is 1.08 bits per heavy atom. The molecule has 1 N–H and O–H groups in total. The van der Waals surface area contributed by atoms with E-state index in [1.807, 2.05) is 26.0 Å². The van der Waals surface area contributed by atoms with E-state index >= 15 is 0 Å². The number of carbonyl (C=O) groups is 4. The van der Waals surface area contributed by atoms with Gasteiger partial charge < -0.3 is 25.2 Å². The lowest BCUT2D eigenvalue weighted by Gasteiger charge is -2.29. The highest BCUT2D eigenvalue weighted by molar-refractivity contribution is 6.04. The smallest absolute Gasteiger partial charge is 0.264 e. The fraction of sp³-hybridized carbons (Fsp3) is 0.414. The maximum absolute atomic E-state index is 13.7. The number of nitrogens with one attached hydrogen (secondary N) is 1. The van der Waals surface area contributed by atoms with Crippen molar-refractivity contribution in [3.05, 3.63) is 77.4 Å². The van der Waals surface area contributed by atoms with Gasteiger partial charge in [-0.1, -0.05) is 13.8 Å². The topological polar surface area (TPSA) is 117 Å². The van der Waals surface area contributed by atoms with Gasteiger partial charge in [-0.05, 0) is 61.6 Å². The first-order chi connectivity index (χ1) is 18.7. The number of likely N-dealkylation sites (tertiary alicyclic amines) is 1. The SMILES string of the molecule is CC(C)CC(NC(=O)c1ccc(N2CCCC2)cc1)C(=O)N1CC(=O)C2C1C=CN2C(=O)c1ccc[n+]([O-])c1. The van der Waals surface area contributed by atoms with Gasteiger partial charge in [0.15, 0.2) is 18.2 Å². The molecule has 0 spiro atoms. The highest BCUT2D eigenvalue weighted by Crippen LogP contribution is 2.30. The minimum Gasteiger partial charge on any atom is -0.619 e. The molecule has 3 atom stereocenters. The summed E-state index contributed by atoms with van der Waals surface area (Å²) >= 11 is 0. The van der Waals surface area contributed by atoms with Gasteiger partial charge in [0, 0.05) is 36.6 Å². The maximum Gasteiger partial charge on any atom is 0.264 e. The van der Waals surface area contributed by atoms with Crippen molar-refractivity contribution in [1.29, 1.82) is 0 Å². The Hall–Kier alpha value is -4.21. The molecule has 3 amide bonds. The number of Topliss-reactive ketones (excluding diaryl/α,β-unsaturated/α-hetero) is 1. The van der Waals surface area contributed by atoms with Gasteiger partial charge in [0.1, 0.15) is 17.6 Å². The molecule has 10 nitrogen and oxygen atoms in total. The minimum absolute atomic E-state index is 0.111. The summed E-state index contributed by atoms with van der Waals surface area (Å²) in [5.41, 5.74) is 1.69. The van der Waals surface area contributed by atoms with Crippen LogP contribution < -0.4 is 14.9 Å². The Morgan fingerprint density at radius 2 is 1.79 bits per heavy atom. The molecule has 5 rings (SSSR count). The van der Waals surface area contributed by atoms with Crippen molar-refractivity contribution in [3.63, 3.8) is 0 Å². The first-order valence-electron chi connectivity index (χ1n) is 13.4. The summed E-state index contributed by atoms with van der Waals surface area (Å²) in [6.07, 6.45) is 8.30. The third kappa shape index (κ3) is 5.36. The zero-order valence-corrected chi connectivity index (χ0v) is 22.2. The van der Waals surface area contributed by atoms with Crippen LogP contribution >= 0.6 is 0 Å². The average molecular weight is 532 g/mol. The van der Waals surface area contributed by atoms with E-state index in [0.717, 1.165) is 37.8 Å². The Morgan fingerprint density at radius 3 is 2.46 bits per heavy atom. The average Bonchev–Trinajstić information content (AvgIpc) is 3.67. The third-order valence-electron chi connectivity index (χ3n) is 7.53. The number of benzene rings is 1. The van der Waals surface area contributed by atoms with Crippen molar-refractivity contribution < 1.29 is 23.9 Å². The number of hydrogen-bond acceptors (Lipinski definition) is 6. The summed E-state index contributed by atoms with van der Waals surface area (Å²) in [6, 6.07) is 8.04. The molecule has 0 bridgehead atoms. The second-order valence-corrected chi connectivity index (χ2v) is 10.8. The van der Waals surface area contributed by atoms with Crippen LogP contribution in [-0.4, -0.2) is 71.1 Å². The summed E-state index contributed by atoms with van der Waals surface area (Å²) < 4.78 is 0.524. The summed E-state index contributed by atoms with van der Waals surface area (Å²) in [5, 5.41) is 14.5. The standard InChI is InChI=1S/C29H33N5O5/c1-19(2)16-23(30-27(36)20-7-9-22(10-8-20)31-12-3-4-13-31)29(38)34-18-25(35)26-24(34)11-15-33(26)28(37)21-6-5-14-32(39)17-21/h5-11,14-15,17,19,23-24,26H,3-4,12-13,16,18H2,1-2H3,(H,30,36). The zero-order chi connectivity index (χ0) is 27.7. The second-order valence-electron chi connectivity index (χ2n) is 10.8. The lowest BCUT2D eigenvalue weighted by molar-refractivity contribution is -0.605. The molecule has 0 radical (unpaired) electrons. The number of pyridine rings is 1. The molecule has 2 aromatic rings. The number of hydrogen-bond donors (Lipinski definition) is 1. The Labute approximate surface area is 227 Å². The van der Waals surface area contributed by atoms with E-state index in [-0.39, 0.29) is 35.6 Å². The molecule has 3 aliphatic rings. The van der Waals surface area contributed by atoms with Crippen LogP contribution in [-0.2, 0) is 9.59 Å². The van der Waals surface area contributed by atoms with Crippen molar-refractivity contribution in [3.8, 4) is 0 Å². The van der Waals surface area contributed by atoms with Gasteiger partial charge in [0.2, 0.25) is 5.91 Å². The minimum atomic E-state index is -0.865. The van der Waals surface area contributed by atoms with Crippen LogP contribution in [0.4, 0.5) is 5.69 Å². The molecule has 0 saturated carbocycles. The third-order valence-corrected chi connectivity index (χ3v) is 7.53. The predicted octanol–water partition coefficient (Wildman–Crippen LogP) is 1.88. The Balaban J connectivity index is 1.29. The molecule has 3 aliphatic heterocycles. The van der Waals surface area contributed by atoms with Gasteiger partial charge in [0.25, 0.3) is 11.8 Å². The molecule has 2 fully saturated rings. The lowest BCUT2D eigenvalue weighted by atomic mass is 10.0. The van der Waals surface area contributed by atoms with Crippen molar-refractivity contribution in [2.45, 2.75) is 51.2 Å². The second kappa shape index (κ2) is 10.9. The van der Waals surface area contributed by atoms with Gasteiger partial charge >= 0.3 is 0 Å². The highest BCUT2D eigenvalue weighted by atomic mass is 16.5. The summed E-state index contributed by atoms with van der Waals surface area (Å²) in [7, 11) is 0. The van der Waals surface area contributed by atoms with E-state index in [4.69, 9.17) is 0 Å². The van der Waals surface area contributed by atoms with E-state index in [1.54, 1.807) is 18.2 Å². The molecule has 0 aliphatic carbocycles. The number of carbonyl (C=O) groups excluding carboxylic acids is 4. The van der Waals surface area contributed by atoms with Gasteiger partial charge in [0.05, 0.1) is 12.6 Å². The summed E-state index contributed by atoms with van der Waals surface area (Å²) in [5.74, 6) is -1.36.